The fourth-order valence-electron chi connectivity index (χ4n) is 2.53. The Bertz CT molecular complexity index is 699. The number of carbonyl (C=O) groups is 1. The molecule has 2 heterocycles. The van der Waals surface area contributed by atoms with E-state index in [1.54, 1.807) is 0 Å². The number of anilines is 1. The first-order valence-corrected chi connectivity index (χ1v) is 8.29. The normalized spacial score (nSPS) is 15.4. The molecule has 1 amide bonds. The maximum Gasteiger partial charge on any atom is 0.229 e. The molecule has 1 unspecified atom stereocenters. The summed E-state index contributed by atoms with van der Waals surface area (Å²) >= 11 is 1.42. The number of hydrogen-bond donors (Lipinski definition) is 2. The van der Waals surface area contributed by atoms with Crippen molar-refractivity contribution in [2.45, 2.75) is 20.8 Å². The molecule has 2 aromatic rings. The van der Waals surface area contributed by atoms with Crippen LogP contribution in [-0.2, 0) is 4.79 Å². The number of benzene rings is 1. The number of halogens is 1. The van der Waals surface area contributed by atoms with Gasteiger partial charge in [0.25, 0.3) is 0 Å². The van der Waals surface area contributed by atoms with Gasteiger partial charge in [0, 0.05) is 11.5 Å². The van der Waals surface area contributed by atoms with Crippen LogP contribution in [0.3, 0.4) is 0 Å². The Morgan fingerprint density at radius 2 is 2.09 bits per heavy atom. The van der Waals surface area contributed by atoms with Crippen LogP contribution in [0, 0.1) is 25.7 Å². The maximum absolute atomic E-state index is 12.2. The number of amides is 1. The molecule has 0 bridgehead atoms. The van der Waals surface area contributed by atoms with E-state index in [-0.39, 0.29) is 24.2 Å². The molecule has 124 valence electrons. The predicted molar refractivity (Wildman–Crippen MR) is 96.2 cm³/mol. The minimum absolute atomic E-state index is 0. The highest BCUT2D eigenvalue weighted by Gasteiger charge is 2.29. The first kappa shape index (κ1) is 17.8. The van der Waals surface area contributed by atoms with Crippen LogP contribution in [0.25, 0.3) is 10.6 Å². The smallest absolute Gasteiger partial charge is 0.229 e. The number of rotatable bonds is 4. The van der Waals surface area contributed by atoms with Gasteiger partial charge in [0.05, 0.1) is 0 Å². The molecular weight excluding hydrogens is 332 g/mol. The number of aromatic nitrogens is 2. The molecular formula is C16H21ClN4OS. The Morgan fingerprint density at radius 3 is 2.70 bits per heavy atom. The van der Waals surface area contributed by atoms with Gasteiger partial charge < -0.3 is 10.6 Å². The minimum atomic E-state index is -0.00490. The van der Waals surface area contributed by atoms with E-state index in [4.69, 9.17) is 0 Å². The van der Waals surface area contributed by atoms with E-state index in [1.807, 2.05) is 6.92 Å². The third-order valence-electron chi connectivity index (χ3n) is 4.20. The standard InChI is InChI=1S/C16H20N4OS.ClH/c1-9-4-5-13(10(2)6-9)15-19-20-16(22-15)18-14(21)11(3)12-7-17-8-12;/h4-6,11-12,17H,7-8H2,1-3H3,(H,18,20,21);1H. The average molecular weight is 353 g/mol. The second-order valence-corrected chi connectivity index (χ2v) is 6.90. The van der Waals surface area contributed by atoms with Gasteiger partial charge in [-0.1, -0.05) is 42.0 Å². The van der Waals surface area contributed by atoms with Crippen molar-refractivity contribution in [1.82, 2.24) is 15.5 Å². The summed E-state index contributed by atoms with van der Waals surface area (Å²) in [6.07, 6.45) is 0. The van der Waals surface area contributed by atoms with Crippen molar-refractivity contribution < 1.29 is 4.79 Å². The fraction of sp³-hybridized carbons (Fsp3) is 0.438. The van der Waals surface area contributed by atoms with E-state index < -0.39 is 0 Å². The summed E-state index contributed by atoms with van der Waals surface area (Å²) in [4.78, 5) is 12.2. The maximum atomic E-state index is 12.2. The summed E-state index contributed by atoms with van der Waals surface area (Å²) in [6, 6.07) is 6.24. The van der Waals surface area contributed by atoms with Crippen LogP contribution in [-0.4, -0.2) is 29.2 Å². The molecule has 0 radical (unpaired) electrons. The molecule has 7 heteroatoms. The summed E-state index contributed by atoms with van der Waals surface area (Å²) in [5.41, 5.74) is 3.46. The van der Waals surface area contributed by atoms with E-state index in [2.05, 4.69) is 52.9 Å². The van der Waals surface area contributed by atoms with Crippen molar-refractivity contribution >= 4 is 34.8 Å². The molecule has 3 rings (SSSR count). The number of hydrogen-bond acceptors (Lipinski definition) is 5. The lowest BCUT2D eigenvalue weighted by molar-refractivity contribution is -0.121. The van der Waals surface area contributed by atoms with Crippen LogP contribution < -0.4 is 10.6 Å². The number of nitrogens with zero attached hydrogens (tertiary/aromatic N) is 2. The average Bonchev–Trinajstić information content (AvgIpc) is 2.84. The SMILES string of the molecule is Cc1ccc(-c2nnc(NC(=O)C(C)C3CNC3)s2)c(C)c1.Cl. The van der Waals surface area contributed by atoms with Crippen LogP contribution >= 0.6 is 23.7 Å². The predicted octanol–water partition coefficient (Wildman–Crippen LogP) is 3.04. The first-order chi connectivity index (χ1) is 10.5. The number of nitrogens with one attached hydrogen (secondary N) is 2. The molecule has 5 nitrogen and oxygen atoms in total. The van der Waals surface area contributed by atoms with Crippen molar-refractivity contribution in [2.24, 2.45) is 11.8 Å². The third kappa shape index (κ3) is 3.88. The molecule has 0 spiro atoms. The summed E-state index contributed by atoms with van der Waals surface area (Å²) < 4.78 is 0. The highest BCUT2D eigenvalue weighted by Crippen LogP contribution is 2.30. The highest BCUT2D eigenvalue weighted by molar-refractivity contribution is 7.18. The zero-order valence-electron chi connectivity index (χ0n) is 13.4. The van der Waals surface area contributed by atoms with E-state index >= 15 is 0 Å². The van der Waals surface area contributed by atoms with Gasteiger partial charge in [-0.25, -0.2) is 0 Å². The Labute approximate surface area is 146 Å². The van der Waals surface area contributed by atoms with Gasteiger partial charge in [-0.2, -0.15) is 0 Å². The van der Waals surface area contributed by atoms with Crippen LogP contribution in [0.5, 0.6) is 0 Å². The molecule has 23 heavy (non-hydrogen) atoms. The van der Waals surface area contributed by atoms with Crippen LogP contribution in [0.15, 0.2) is 18.2 Å². The lowest BCUT2D eigenvalue weighted by Crippen LogP contribution is -2.48. The van der Waals surface area contributed by atoms with Crippen molar-refractivity contribution in [1.29, 1.82) is 0 Å². The molecule has 1 aromatic carbocycles. The van der Waals surface area contributed by atoms with E-state index in [0.29, 0.717) is 11.0 Å². The molecule has 0 aliphatic carbocycles. The van der Waals surface area contributed by atoms with E-state index in [0.717, 1.165) is 23.7 Å². The lowest BCUT2D eigenvalue weighted by atomic mass is 9.88. The second kappa shape index (κ2) is 7.38. The van der Waals surface area contributed by atoms with E-state index in [1.165, 1.54) is 22.5 Å². The Balaban J connectivity index is 0.00000192. The summed E-state index contributed by atoms with van der Waals surface area (Å²) in [5, 5.41) is 15.8. The van der Waals surface area contributed by atoms with Crippen molar-refractivity contribution in [2.75, 3.05) is 18.4 Å². The molecule has 1 aliphatic heterocycles. The third-order valence-corrected chi connectivity index (χ3v) is 5.07. The quantitative estimate of drug-likeness (QED) is 0.887. The second-order valence-electron chi connectivity index (χ2n) is 5.93. The number of carbonyl (C=O) groups excluding carboxylic acids is 1. The van der Waals surface area contributed by atoms with Gasteiger partial charge in [0.15, 0.2) is 0 Å². The molecule has 1 aliphatic rings. The highest BCUT2D eigenvalue weighted by atomic mass is 35.5. The monoisotopic (exact) mass is 352 g/mol. The van der Waals surface area contributed by atoms with Crippen LogP contribution in [0.2, 0.25) is 0 Å². The molecule has 0 saturated carbocycles. The zero-order chi connectivity index (χ0) is 15.7. The molecule has 1 atom stereocenters. The Morgan fingerprint density at radius 1 is 1.35 bits per heavy atom. The van der Waals surface area contributed by atoms with Gasteiger partial charge in [-0.05, 0) is 38.4 Å². The topological polar surface area (TPSA) is 66.9 Å². The van der Waals surface area contributed by atoms with Gasteiger partial charge in [0.2, 0.25) is 11.0 Å². The van der Waals surface area contributed by atoms with E-state index in [9.17, 15) is 4.79 Å². The fourth-order valence-corrected chi connectivity index (χ4v) is 3.37. The minimum Gasteiger partial charge on any atom is -0.316 e. The molecule has 2 N–H and O–H groups in total. The molecule has 1 fully saturated rings. The van der Waals surface area contributed by atoms with Gasteiger partial charge in [-0.3, -0.25) is 4.79 Å². The first-order valence-electron chi connectivity index (χ1n) is 7.47. The summed E-state index contributed by atoms with van der Waals surface area (Å²) in [7, 11) is 0. The summed E-state index contributed by atoms with van der Waals surface area (Å²) in [6.45, 7) is 7.93. The van der Waals surface area contributed by atoms with Crippen molar-refractivity contribution in [3.63, 3.8) is 0 Å². The lowest BCUT2D eigenvalue weighted by Gasteiger charge is -2.31. The van der Waals surface area contributed by atoms with Crippen LogP contribution in [0.4, 0.5) is 5.13 Å². The molecule has 1 saturated heterocycles. The largest absolute Gasteiger partial charge is 0.316 e. The summed E-state index contributed by atoms with van der Waals surface area (Å²) in [5.74, 6) is 0.441. The van der Waals surface area contributed by atoms with Gasteiger partial charge in [0.1, 0.15) is 5.01 Å². The zero-order valence-corrected chi connectivity index (χ0v) is 15.1. The molecule has 1 aromatic heterocycles. The van der Waals surface area contributed by atoms with Gasteiger partial charge in [-0.15, -0.1) is 22.6 Å². The Hall–Kier alpha value is -1.50. The van der Waals surface area contributed by atoms with Crippen molar-refractivity contribution in [3.8, 4) is 10.6 Å². The Kier molecular flexibility index (Phi) is 5.73. The number of aryl methyl sites for hydroxylation is 2. The van der Waals surface area contributed by atoms with Gasteiger partial charge >= 0.3 is 0 Å². The van der Waals surface area contributed by atoms with Crippen LogP contribution in [0.1, 0.15) is 18.1 Å². The van der Waals surface area contributed by atoms with Crippen molar-refractivity contribution in [3.05, 3.63) is 29.3 Å².